The van der Waals surface area contributed by atoms with Crippen molar-refractivity contribution in [2.45, 2.75) is 44.6 Å². The summed E-state index contributed by atoms with van der Waals surface area (Å²) in [7, 11) is 0. The third-order valence-electron chi connectivity index (χ3n) is 4.86. The van der Waals surface area contributed by atoms with Crippen LogP contribution in [0.4, 0.5) is 0 Å². The second-order valence-corrected chi connectivity index (χ2v) is 6.07. The first-order valence-electron chi connectivity index (χ1n) is 7.67. The Bertz CT molecular complexity index is 505. The quantitative estimate of drug-likeness (QED) is 0.602. The van der Waals surface area contributed by atoms with Gasteiger partial charge < -0.3 is 4.74 Å². The first-order chi connectivity index (χ1) is 9.75. The minimum Gasteiger partial charge on any atom is -0.451 e. The number of fused-ring (bicyclic) bond motifs is 1. The first kappa shape index (κ1) is 13.4. The van der Waals surface area contributed by atoms with Crippen LogP contribution in [0.3, 0.4) is 0 Å². The second kappa shape index (κ2) is 5.43. The number of carbonyl (C=O) groups excluding carboxylic acids is 1. The van der Waals surface area contributed by atoms with E-state index in [4.69, 9.17) is 4.74 Å². The zero-order chi connectivity index (χ0) is 14.0. The standard InChI is InChI=1S/C18H22O2/c1-2-12-18(13-15-10-6-7-11-16(15)18)20-17(19)14-8-4-3-5-9-14/h2-5,8-9,12,15-16H,6-7,10-11,13H2,1H3/b12-2-/t15-,16+,18+/m1/s1. The predicted octanol–water partition coefficient (Wildman–Crippen LogP) is 4.37. The lowest BCUT2D eigenvalue weighted by Crippen LogP contribution is -2.56. The first-order valence-corrected chi connectivity index (χ1v) is 7.67. The largest absolute Gasteiger partial charge is 0.451 e. The van der Waals surface area contributed by atoms with Gasteiger partial charge in [-0.25, -0.2) is 4.79 Å². The average Bonchev–Trinajstić information content (AvgIpc) is 2.47. The van der Waals surface area contributed by atoms with Crippen LogP contribution in [-0.2, 0) is 4.74 Å². The molecule has 20 heavy (non-hydrogen) atoms. The van der Waals surface area contributed by atoms with Gasteiger partial charge in [-0.15, -0.1) is 0 Å². The molecule has 0 bridgehead atoms. The van der Waals surface area contributed by atoms with Crippen molar-refractivity contribution in [3.63, 3.8) is 0 Å². The number of benzene rings is 1. The van der Waals surface area contributed by atoms with Crippen LogP contribution in [-0.4, -0.2) is 11.6 Å². The normalized spacial score (nSPS) is 32.5. The molecule has 2 fully saturated rings. The summed E-state index contributed by atoms with van der Waals surface area (Å²) in [6.45, 7) is 2.01. The van der Waals surface area contributed by atoms with Gasteiger partial charge in [0.1, 0.15) is 5.60 Å². The lowest BCUT2D eigenvalue weighted by molar-refractivity contribution is -0.127. The highest BCUT2D eigenvalue weighted by Gasteiger charge is 2.55. The third-order valence-corrected chi connectivity index (χ3v) is 4.86. The van der Waals surface area contributed by atoms with Crippen molar-refractivity contribution in [2.24, 2.45) is 11.8 Å². The van der Waals surface area contributed by atoms with Gasteiger partial charge in [-0.05, 0) is 50.3 Å². The molecule has 0 unspecified atom stereocenters. The zero-order valence-corrected chi connectivity index (χ0v) is 12.0. The summed E-state index contributed by atoms with van der Waals surface area (Å²) in [5, 5.41) is 0. The highest BCUT2D eigenvalue weighted by atomic mass is 16.6. The van der Waals surface area contributed by atoms with Gasteiger partial charge in [0, 0.05) is 5.92 Å². The Hall–Kier alpha value is -1.57. The van der Waals surface area contributed by atoms with Crippen LogP contribution < -0.4 is 0 Å². The monoisotopic (exact) mass is 270 g/mol. The van der Waals surface area contributed by atoms with E-state index in [9.17, 15) is 4.79 Å². The summed E-state index contributed by atoms with van der Waals surface area (Å²) in [6.07, 6.45) is 10.2. The van der Waals surface area contributed by atoms with Crippen LogP contribution >= 0.6 is 0 Å². The maximum Gasteiger partial charge on any atom is 0.339 e. The van der Waals surface area contributed by atoms with Gasteiger partial charge in [-0.2, -0.15) is 0 Å². The summed E-state index contributed by atoms with van der Waals surface area (Å²) in [6, 6.07) is 9.32. The van der Waals surface area contributed by atoms with Crippen molar-refractivity contribution in [3.05, 3.63) is 48.0 Å². The smallest absolute Gasteiger partial charge is 0.339 e. The van der Waals surface area contributed by atoms with Gasteiger partial charge >= 0.3 is 5.97 Å². The Kier molecular flexibility index (Phi) is 3.64. The van der Waals surface area contributed by atoms with Crippen molar-refractivity contribution in [2.75, 3.05) is 0 Å². The van der Waals surface area contributed by atoms with Crippen LogP contribution in [0.25, 0.3) is 0 Å². The molecule has 2 saturated carbocycles. The number of esters is 1. The Morgan fingerprint density at radius 2 is 2.00 bits per heavy atom. The summed E-state index contributed by atoms with van der Waals surface area (Å²) in [5.74, 6) is 1.09. The van der Waals surface area contributed by atoms with Crippen molar-refractivity contribution in [1.82, 2.24) is 0 Å². The van der Waals surface area contributed by atoms with Crippen molar-refractivity contribution >= 4 is 5.97 Å². The topological polar surface area (TPSA) is 26.3 Å². The van der Waals surface area contributed by atoms with Gasteiger partial charge in [0.15, 0.2) is 0 Å². The number of rotatable bonds is 3. The van der Waals surface area contributed by atoms with E-state index in [0.717, 1.165) is 12.3 Å². The Labute approximate surface area is 120 Å². The van der Waals surface area contributed by atoms with Crippen molar-refractivity contribution in [3.8, 4) is 0 Å². The predicted molar refractivity (Wildman–Crippen MR) is 79.5 cm³/mol. The molecular formula is C18H22O2. The number of hydrogen-bond acceptors (Lipinski definition) is 2. The highest BCUT2D eigenvalue weighted by molar-refractivity contribution is 5.89. The molecule has 0 spiro atoms. The zero-order valence-electron chi connectivity index (χ0n) is 12.0. The molecule has 0 saturated heterocycles. The fraction of sp³-hybridized carbons (Fsp3) is 0.500. The molecule has 0 radical (unpaired) electrons. The van der Waals surface area contributed by atoms with Gasteiger partial charge in [-0.1, -0.05) is 37.1 Å². The van der Waals surface area contributed by atoms with E-state index in [-0.39, 0.29) is 11.6 Å². The molecular weight excluding hydrogens is 248 g/mol. The van der Waals surface area contributed by atoms with Crippen LogP contribution in [0.15, 0.2) is 42.5 Å². The molecule has 3 rings (SSSR count). The molecule has 0 amide bonds. The maximum atomic E-state index is 12.3. The van der Waals surface area contributed by atoms with E-state index in [1.165, 1.54) is 25.7 Å². The summed E-state index contributed by atoms with van der Waals surface area (Å²) >= 11 is 0. The summed E-state index contributed by atoms with van der Waals surface area (Å²) in [4.78, 5) is 12.3. The fourth-order valence-corrected chi connectivity index (χ4v) is 3.93. The minimum atomic E-state index is -0.341. The van der Waals surface area contributed by atoms with E-state index in [0.29, 0.717) is 11.5 Å². The number of hydrogen-bond donors (Lipinski definition) is 0. The van der Waals surface area contributed by atoms with Crippen LogP contribution in [0.1, 0.15) is 49.4 Å². The lowest BCUT2D eigenvalue weighted by atomic mass is 9.55. The average molecular weight is 270 g/mol. The van der Waals surface area contributed by atoms with Crippen LogP contribution in [0.5, 0.6) is 0 Å². The molecule has 2 aliphatic rings. The van der Waals surface area contributed by atoms with E-state index in [1.807, 2.05) is 43.3 Å². The molecule has 106 valence electrons. The molecule has 3 atom stereocenters. The van der Waals surface area contributed by atoms with Crippen LogP contribution in [0.2, 0.25) is 0 Å². The Balaban J connectivity index is 1.77. The number of carbonyl (C=O) groups is 1. The summed E-state index contributed by atoms with van der Waals surface area (Å²) < 4.78 is 5.94. The summed E-state index contributed by atoms with van der Waals surface area (Å²) in [5.41, 5.74) is 0.308. The van der Waals surface area contributed by atoms with Crippen LogP contribution in [0, 0.1) is 11.8 Å². The Morgan fingerprint density at radius 3 is 2.70 bits per heavy atom. The van der Waals surface area contributed by atoms with E-state index in [1.54, 1.807) is 0 Å². The molecule has 2 heteroatoms. The van der Waals surface area contributed by atoms with E-state index < -0.39 is 0 Å². The van der Waals surface area contributed by atoms with Gasteiger partial charge in [0.05, 0.1) is 5.56 Å². The maximum absolute atomic E-state index is 12.3. The van der Waals surface area contributed by atoms with Gasteiger partial charge in [0.2, 0.25) is 0 Å². The second-order valence-electron chi connectivity index (χ2n) is 6.07. The number of allylic oxidation sites excluding steroid dienone is 1. The fourth-order valence-electron chi connectivity index (χ4n) is 3.93. The molecule has 0 heterocycles. The molecule has 0 N–H and O–H groups in total. The molecule has 2 nitrogen and oxygen atoms in total. The SMILES string of the molecule is C/C=C\[C@]1(OC(=O)c2ccccc2)C[C@H]2CCCC[C@@H]21. The van der Waals surface area contributed by atoms with Gasteiger partial charge in [-0.3, -0.25) is 0 Å². The molecule has 0 aliphatic heterocycles. The van der Waals surface area contributed by atoms with Crippen molar-refractivity contribution in [1.29, 1.82) is 0 Å². The highest BCUT2D eigenvalue weighted by Crippen LogP contribution is 2.54. The number of ether oxygens (including phenoxy) is 1. The van der Waals surface area contributed by atoms with Crippen molar-refractivity contribution < 1.29 is 9.53 Å². The van der Waals surface area contributed by atoms with E-state index in [2.05, 4.69) is 6.08 Å². The molecule has 1 aromatic rings. The molecule has 2 aliphatic carbocycles. The minimum absolute atomic E-state index is 0.187. The van der Waals surface area contributed by atoms with E-state index >= 15 is 0 Å². The lowest BCUT2D eigenvalue weighted by Gasteiger charge is -2.55. The molecule has 0 aromatic heterocycles. The third kappa shape index (κ3) is 2.28. The van der Waals surface area contributed by atoms with Gasteiger partial charge in [0.25, 0.3) is 0 Å². The molecule has 1 aromatic carbocycles. The Morgan fingerprint density at radius 1 is 1.25 bits per heavy atom.